The van der Waals surface area contributed by atoms with Crippen molar-refractivity contribution in [3.63, 3.8) is 0 Å². The van der Waals surface area contributed by atoms with Gasteiger partial charge in [0.05, 0.1) is 12.2 Å². The van der Waals surface area contributed by atoms with Gasteiger partial charge >= 0.3 is 0 Å². The fraction of sp³-hybridized carbons (Fsp3) is 0.0714. The molecule has 102 valence electrons. The highest BCUT2D eigenvalue weighted by atomic mass is 32.2. The Labute approximate surface area is 116 Å². The zero-order chi connectivity index (χ0) is 14.2. The van der Waals surface area contributed by atoms with Gasteiger partial charge in [-0.05, 0) is 29.8 Å². The first-order chi connectivity index (χ1) is 9.60. The smallest absolute Gasteiger partial charge is 0.286 e. The van der Waals surface area contributed by atoms with E-state index in [0.717, 1.165) is 5.56 Å². The van der Waals surface area contributed by atoms with Crippen molar-refractivity contribution in [2.75, 3.05) is 0 Å². The molecule has 0 saturated carbocycles. The number of aliphatic hydroxyl groups excluding tert-OH is 1. The molecule has 0 atom stereocenters. The highest BCUT2D eigenvalue weighted by molar-refractivity contribution is 7.90. The van der Waals surface area contributed by atoms with Crippen LogP contribution in [0.3, 0.4) is 0 Å². The first kappa shape index (κ1) is 12.8. The maximum Gasteiger partial charge on any atom is 0.286 e. The molecule has 3 rings (SSSR count). The van der Waals surface area contributed by atoms with Crippen LogP contribution in [0.2, 0.25) is 0 Å². The van der Waals surface area contributed by atoms with Crippen molar-refractivity contribution in [3.05, 3.63) is 59.7 Å². The van der Waals surface area contributed by atoms with Crippen LogP contribution in [0.4, 0.5) is 0 Å². The number of fused-ring (bicyclic) bond motifs is 1. The largest absolute Gasteiger partial charge is 0.438 e. The summed E-state index contributed by atoms with van der Waals surface area (Å²) < 4.78 is 32.9. The molecule has 0 saturated heterocycles. The number of nitrogens with zero attached hydrogens (tertiary/aromatic N) is 1. The molecule has 1 aliphatic rings. The van der Waals surface area contributed by atoms with Crippen LogP contribution in [-0.2, 0) is 16.6 Å². The summed E-state index contributed by atoms with van der Waals surface area (Å²) in [6.45, 7) is -0.0571. The molecule has 5 nitrogen and oxygen atoms in total. The fourth-order valence-electron chi connectivity index (χ4n) is 1.92. The Morgan fingerprint density at radius 1 is 1.05 bits per heavy atom. The van der Waals surface area contributed by atoms with Crippen molar-refractivity contribution >= 4 is 15.9 Å². The van der Waals surface area contributed by atoms with Gasteiger partial charge in [0.1, 0.15) is 10.6 Å². The third kappa shape index (κ3) is 2.19. The number of aliphatic hydroxyl groups is 1. The molecule has 20 heavy (non-hydrogen) atoms. The number of hydrogen-bond acceptors (Lipinski definition) is 4. The van der Waals surface area contributed by atoms with Gasteiger partial charge in [0.15, 0.2) is 0 Å². The molecule has 0 fully saturated rings. The summed E-state index contributed by atoms with van der Waals surface area (Å²) in [5, 5.41) is 8.97. The van der Waals surface area contributed by atoms with Gasteiger partial charge in [-0.25, -0.2) is 0 Å². The second-order valence-electron chi connectivity index (χ2n) is 4.27. The van der Waals surface area contributed by atoms with Crippen molar-refractivity contribution in [2.45, 2.75) is 11.5 Å². The molecule has 2 aromatic carbocycles. The fourth-order valence-corrected chi connectivity index (χ4v) is 3.06. The molecule has 1 N–H and O–H groups in total. The SMILES string of the molecule is O=S1(=O)N=C(Oc2ccc(CO)cc2)c2ccccc21. The third-order valence-corrected chi connectivity index (χ3v) is 4.24. The Morgan fingerprint density at radius 3 is 2.45 bits per heavy atom. The molecule has 1 heterocycles. The number of hydrogen-bond donors (Lipinski definition) is 1. The van der Waals surface area contributed by atoms with Crippen molar-refractivity contribution < 1.29 is 18.3 Å². The molecule has 0 aliphatic carbocycles. The first-order valence-corrected chi connectivity index (χ1v) is 7.36. The van der Waals surface area contributed by atoms with E-state index in [0.29, 0.717) is 11.3 Å². The molecular formula is C14H11NO4S. The zero-order valence-electron chi connectivity index (χ0n) is 10.4. The standard InChI is InChI=1S/C14H11NO4S/c16-9-10-5-7-11(8-6-10)19-14-12-3-1-2-4-13(12)20(17,18)15-14/h1-8,16H,9H2. The normalized spacial score (nSPS) is 15.6. The summed E-state index contributed by atoms with van der Waals surface area (Å²) >= 11 is 0. The van der Waals surface area contributed by atoms with E-state index < -0.39 is 10.0 Å². The Bertz CT molecular complexity index is 779. The van der Waals surface area contributed by atoms with Crippen LogP contribution < -0.4 is 4.74 Å². The lowest BCUT2D eigenvalue weighted by molar-refractivity contribution is 0.282. The van der Waals surface area contributed by atoms with Gasteiger partial charge in [-0.15, -0.1) is 4.40 Å². The molecule has 0 unspecified atom stereocenters. The van der Waals surface area contributed by atoms with E-state index in [9.17, 15) is 8.42 Å². The van der Waals surface area contributed by atoms with Gasteiger partial charge in [-0.2, -0.15) is 8.42 Å². The van der Waals surface area contributed by atoms with Crippen LogP contribution in [0.1, 0.15) is 11.1 Å². The van der Waals surface area contributed by atoms with Crippen LogP contribution in [-0.4, -0.2) is 19.4 Å². The minimum atomic E-state index is -3.66. The van der Waals surface area contributed by atoms with E-state index in [1.165, 1.54) is 6.07 Å². The monoisotopic (exact) mass is 289 g/mol. The number of ether oxygens (including phenoxy) is 1. The van der Waals surface area contributed by atoms with E-state index in [1.807, 2.05) is 0 Å². The predicted octanol–water partition coefficient (Wildman–Crippen LogP) is 1.71. The summed E-state index contributed by atoms with van der Waals surface area (Å²) in [5.41, 5.74) is 1.21. The van der Waals surface area contributed by atoms with Crippen LogP contribution in [0.5, 0.6) is 5.75 Å². The van der Waals surface area contributed by atoms with Crippen molar-refractivity contribution in [2.24, 2.45) is 4.40 Å². The average Bonchev–Trinajstić information content (AvgIpc) is 2.72. The van der Waals surface area contributed by atoms with Gasteiger partial charge < -0.3 is 9.84 Å². The molecule has 1 aliphatic heterocycles. The van der Waals surface area contributed by atoms with Crippen molar-refractivity contribution in [1.29, 1.82) is 0 Å². The van der Waals surface area contributed by atoms with Crippen LogP contribution in [0.15, 0.2) is 57.8 Å². The highest BCUT2D eigenvalue weighted by Gasteiger charge is 2.29. The summed E-state index contributed by atoms with van der Waals surface area (Å²) in [6.07, 6.45) is 0. The van der Waals surface area contributed by atoms with Crippen LogP contribution in [0, 0.1) is 0 Å². The van der Waals surface area contributed by atoms with Gasteiger partial charge in [0.2, 0.25) is 5.90 Å². The molecule has 2 aromatic rings. The predicted molar refractivity (Wildman–Crippen MR) is 73.2 cm³/mol. The molecule has 0 amide bonds. The minimum absolute atomic E-state index is 0.0571. The van der Waals surface area contributed by atoms with Gasteiger partial charge in [0.25, 0.3) is 10.0 Å². The zero-order valence-corrected chi connectivity index (χ0v) is 11.2. The minimum Gasteiger partial charge on any atom is -0.438 e. The van der Waals surface area contributed by atoms with Crippen molar-refractivity contribution in [3.8, 4) is 5.75 Å². The number of benzene rings is 2. The van der Waals surface area contributed by atoms with E-state index in [4.69, 9.17) is 9.84 Å². The summed E-state index contributed by atoms with van der Waals surface area (Å²) in [7, 11) is -3.66. The van der Waals surface area contributed by atoms with E-state index in [-0.39, 0.29) is 17.4 Å². The molecule has 0 spiro atoms. The lowest BCUT2D eigenvalue weighted by Gasteiger charge is -2.05. The van der Waals surface area contributed by atoms with E-state index in [2.05, 4.69) is 4.40 Å². The van der Waals surface area contributed by atoms with E-state index >= 15 is 0 Å². The Hall–Kier alpha value is -2.18. The maximum absolute atomic E-state index is 11.9. The number of rotatable bonds is 2. The molecule has 0 radical (unpaired) electrons. The molecule has 6 heteroatoms. The van der Waals surface area contributed by atoms with Crippen LogP contribution >= 0.6 is 0 Å². The second kappa shape index (κ2) is 4.73. The maximum atomic E-state index is 11.9. The summed E-state index contributed by atoms with van der Waals surface area (Å²) in [5.74, 6) is 0.533. The quantitative estimate of drug-likeness (QED) is 0.913. The lowest BCUT2D eigenvalue weighted by atomic mass is 10.2. The number of sulfonamides is 1. The van der Waals surface area contributed by atoms with E-state index in [1.54, 1.807) is 42.5 Å². The van der Waals surface area contributed by atoms with Crippen LogP contribution in [0.25, 0.3) is 0 Å². The third-order valence-electron chi connectivity index (χ3n) is 2.92. The molecular weight excluding hydrogens is 278 g/mol. The summed E-state index contributed by atoms with van der Waals surface area (Å²) in [6, 6.07) is 13.2. The highest BCUT2D eigenvalue weighted by Crippen LogP contribution is 2.27. The Kier molecular flexibility index (Phi) is 3.04. The Morgan fingerprint density at radius 2 is 1.75 bits per heavy atom. The second-order valence-corrected chi connectivity index (χ2v) is 5.84. The lowest BCUT2D eigenvalue weighted by Crippen LogP contribution is -2.07. The van der Waals surface area contributed by atoms with Gasteiger partial charge in [-0.1, -0.05) is 24.3 Å². The topological polar surface area (TPSA) is 76.0 Å². The Balaban J connectivity index is 1.95. The summed E-state index contributed by atoms with van der Waals surface area (Å²) in [4.78, 5) is 0.155. The average molecular weight is 289 g/mol. The van der Waals surface area contributed by atoms with Gasteiger partial charge in [0, 0.05) is 0 Å². The first-order valence-electron chi connectivity index (χ1n) is 5.92. The van der Waals surface area contributed by atoms with Crippen molar-refractivity contribution in [1.82, 2.24) is 0 Å². The van der Waals surface area contributed by atoms with Gasteiger partial charge in [-0.3, -0.25) is 0 Å². The molecule has 0 bridgehead atoms. The molecule has 0 aromatic heterocycles.